The molecule has 0 radical (unpaired) electrons. The molecule has 0 amide bonds. The third-order valence-corrected chi connectivity index (χ3v) is 1.66. The van der Waals surface area contributed by atoms with Gasteiger partial charge in [-0.2, -0.15) is 4.98 Å². The van der Waals surface area contributed by atoms with Crippen LogP contribution in [0.4, 0.5) is 0 Å². The molecular weight excluding hydrogens is 198 g/mol. The molecule has 0 aromatic carbocycles. The van der Waals surface area contributed by atoms with Crippen LogP contribution in [0.2, 0.25) is 0 Å². The van der Waals surface area contributed by atoms with Crippen LogP contribution < -0.4 is 0 Å². The predicted octanol–water partition coefficient (Wildman–Crippen LogP) is 0.759. The predicted molar refractivity (Wildman–Crippen MR) is 48.9 cm³/mol. The van der Waals surface area contributed by atoms with Crippen molar-refractivity contribution < 1.29 is 14.4 Å². The number of carbonyl (C=O) groups is 1. The zero-order chi connectivity index (χ0) is 10.7. The summed E-state index contributed by atoms with van der Waals surface area (Å²) < 4.78 is 4.86. The van der Waals surface area contributed by atoms with Gasteiger partial charge in [0.25, 0.3) is 5.89 Å². The first-order valence-electron chi connectivity index (χ1n) is 4.21. The Labute approximate surface area is 84.6 Å². The fourth-order valence-corrected chi connectivity index (χ4v) is 1.05. The quantitative estimate of drug-likeness (QED) is 0.795. The van der Waals surface area contributed by atoms with Crippen LogP contribution in [0.5, 0.6) is 0 Å². The van der Waals surface area contributed by atoms with E-state index in [1.54, 1.807) is 24.4 Å². The summed E-state index contributed by atoms with van der Waals surface area (Å²) in [6, 6.07) is 5.25. The third kappa shape index (κ3) is 2.16. The average molecular weight is 205 g/mol. The molecule has 76 valence electrons. The molecule has 2 rings (SSSR count). The minimum Gasteiger partial charge on any atom is -0.481 e. The first kappa shape index (κ1) is 9.32. The maximum Gasteiger partial charge on any atom is 0.311 e. The lowest BCUT2D eigenvalue weighted by atomic mass is 10.3. The molecule has 0 unspecified atom stereocenters. The molecule has 0 bridgehead atoms. The van der Waals surface area contributed by atoms with Gasteiger partial charge in [-0.1, -0.05) is 11.2 Å². The fourth-order valence-electron chi connectivity index (χ4n) is 1.05. The van der Waals surface area contributed by atoms with Gasteiger partial charge in [0.1, 0.15) is 12.1 Å². The lowest BCUT2D eigenvalue weighted by Gasteiger charge is -1.89. The van der Waals surface area contributed by atoms with E-state index in [2.05, 4.69) is 15.1 Å². The summed E-state index contributed by atoms with van der Waals surface area (Å²) in [5.74, 6) is -0.627. The number of pyridine rings is 1. The molecule has 0 saturated heterocycles. The number of hydrogen-bond acceptors (Lipinski definition) is 5. The van der Waals surface area contributed by atoms with Gasteiger partial charge in [0.15, 0.2) is 5.82 Å². The van der Waals surface area contributed by atoms with Crippen molar-refractivity contribution in [3.63, 3.8) is 0 Å². The van der Waals surface area contributed by atoms with Crippen LogP contribution in [-0.2, 0) is 11.2 Å². The molecule has 15 heavy (non-hydrogen) atoms. The summed E-state index contributed by atoms with van der Waals surface area (Å²) in [6.07, 6.45) is 1.34. The number of aliphatic carboxylic acids is 1. The molecule has 0 spiro atoms. The molecule has 0 aliphatic rings. The average Bonchev–Trinajstić information content (AvgIpc) is 2.67. The summed E-state index contributed by atoms with van der Waals surface area (Å²) in [4.78, 5) is 18.3. The molecule has 6 heteroatoms. The Morgan fingerprint density at radius 3 is 3.00 bits per heavy atom. The monoisotopic (exact) mass is 205 g/mol. The summed E-state index contributed by atoms with van der Waals surface area (Å²) in [5, 5.41) is 12.0. The van der Waals surface area contributed by atoms with Crippen LogP contribution in [0.15, 0.2) is 28.9 Å². The van der Waals surface area contributed by atoms with E-state index >= 15 is 0 Å². The normalized spacial score (nSPS) is 10.1. The lowest BCUT2D eigenvalue weighted by molar-refractivity contribution is -0.136. The Morgan fingerprint density at radius 2 is 2.33 bits per heavy atom. The molecule has 0 aliphatic heterocycles. The maximum absolute atomic E-state index is 10.4. The van der Waals surface area contributed by atoms with Crippen molar-refractivity contribution in [3.8, 4) is 11.6 Å². The second-order valence-corrected chi connectivity index (χ2v) is 2.80. The van der Waals surface area contributed by atoms with Crippen LogP contribution in [0, 0.1) is 0 Å². The van der Waals surface area contributed by atoms with Gasteiger partial charge in [-0.15, -0.1) is 0 Å². The smallest absolute Gasteiger partial charge is 0.311 e. The molecule has 0 aliphatic carbocycles. The number of hydrogen-bond donors (Lipinski definition) is 1. The van der Waals surface area contributed by atoms with Crippen LogP contribution in [0.1, 0.15) is 5.82 Å². The van der Waals surface area contributed by atoms with Gasteiger partial charge >= 0.3 is 5.97 Å². The summed E-state index contributed by atoms with van der Waals surface area (Å²) in [5.41, 5.74) is 0.529. The first-order chi connectivity index (χ1) is 7.25. The summed E-state index contributed by atoms with van der Waals surface area (Å²) in [6.45, 7) is 0. The van der Waals surface area contributed by atoms with Crippen molar-refractivity contribution in [2.75, 3.05) is 0 Å². The van der Waals surface area contributed by atoms with E-state index in [-0.39, 0.29) is 18.1 Å². The molecular formula is C9H7N3O3. The van der Waals surface area contributed by atoms with E-state index in [9.17, 15) is 4.79 Å². The molecule has 2 aromatic heterocycles. The molecule has 0 saturated carbocycles. The first-order valence-corrected chi connectivity index (χ1v) is 4.21. The molecule has 6 nitrogen and oxygen atoms in total. The van der Waals surface area contributed by atoms with E-state index in [1.807, 2.05) is 0 Å². The zero-order valence-corrected chi connectivity index (χ0v) is 7.62. The van der Waals surface area contributed by atoms with E-state index in [0.29, 0.717) is 5.69 Å². The second kappa shape index (κ2) is 3.87. The third-order valence-electron chi connectivity index (χ3n) is 1.66. The molecule has 2 aromatic rings. The van der Waals surface area contributed by atoms with Gasteiger partial charge in [0.05, 0.1) is 0 Å². The summed E-state index contributed by atoms with van der Waals surface area (Å²) >= 11 is 0. The maximum atomic E-state index is 10.4. The highest BCUT2D eigenvalue weighted by atomic mass is 16.5. The van der Waals surface area contributed by atoms with Crippen LogP contribution >= 0.6 is 0 Å². The minimum absolute atomic E-state index is 0.142. The highest BCUT2D eigenvalue weighted by Gasteiger charge is 2.11. The van der Waals surface area contributed by atoms with Gasteiger partial charge in [-0.3, -0.25) is 9.78 Å². The van der Waals surface area contributed by atoms with Crippen molar-refractivity contribution in [3.05, 3.63) is 30.2 Å². The van der Waals surface area contributed by atoms with Crippen molar-refractivity contribution in [1.29, 1.82) is 0 Å². The van der Waals surface area contributed by atoms with Crippen LogP contribution in [0.3, 0.4) is 0 Å². The largest absolute Gasteiger partial charge is 0.481 e. The Bertz CT molecular complexity index is 466. The number of carboxylic acids is 1. The number of aromatic nitrogens is 3. The van der Waals surface area contributed by atoms with Gasteiger partial charge in [0, 0.05) is 6.20 Å². The molecule has 1 N–H and O–H groups in total. The SMILES string of the molecule is O=C(O)Cc1noc(-c2ccccn2)n1. The number of carboxylic acid groups (broad SMARTS) is 1. The van der Waals surface area contributed by atoms with E-state index in [4.69, 9.17) is 9.63 Å². The van der Waals surface area contributed by atoms with Gasteiger partial charge in [-0.05, 0) is 12.1 Å². The van der Waals surface area contributed by atoms with Crippen molar-refractivity contribution in [2.45, 2.75) is 6.42 Å². The minimum atomic E-state index is -0.997. The Morgan fingerprint density at radius 1 is 1.47 bits per heavy atom. The Kier molecular flexibility index (Phi) is 2.40. The van der Waals surface area contributed by atoms with Crippen molar-refractivity contribution in [2.24, 2.45) is 0 Å². The Hall–Kier alpha value is -2.24. The van der Waals surface area contributed by atoms with Gasteiger partial charge in [0.2, 0.25) is 0 Å². The fraction of sp³-hybridized carbons (Fsp3) is 0.111. The Balaban J connectivity index is 2.24. The number of nitrogens with zero attached hydrogens (tertiary/aromatic N) is 3. The van der Waals surface area contributed by atoms with Crippen molar-refractivity contribution >= 4 is 5.97 Å². The standard InChI is InChI=1S/C9H7N3O3/c13-8(14)5-7-11-9(15-12-7)6-3-1-2-4-10-6/h1-4H,5H2,(H,13,14). The zero-order valence-electron chi connectivity index (χ0n) is 7.62. The van der Waals surface area contributed by atoms with E-state index in [0.717, 1.165) is 0 Å². The number of rotatable bonds is 3. The van der Waals surface area contributed by atoms with Gasteiger partial charge < -0.3 is 9.63 Å². The van der Waals surface area contributed by atoms with E-state index in [1.165, 1.54) is 0 Å². The lowest BCUT2D eigenvalue weighted by Crippen LogP contribution is -2.01. The van der Waals surface area contributed by atoms with E-state index < -0.39 is 5.97 Å². The van der Waals surface area contributed by atoms with Crippen LogP contribution in [0.25, 0.3) is 11.6 Å². The van der Waals surface area contributed by atoms with Crippen LogP contribution in [-0.4, -0.2) is 26.2 Å². The topological polar surface area (TPSA) is 89.1 Å². The highest BCUT2D eigenvalue weighted by Crippen LogP contribution is 2.13. The second-order valence-electron chi connectivity index (χ2n) is 2.80. The highest BCUT2D eigenvalue weighted by molar-refractivity contribution is 5.69. The molecule has 0 atom stereocenters. The molecule has 2 heterocycles. The summed E-state index contributed by atoms with van der Waals surface area (Å²) in [7, 11) is 0. The van der Waals surface area contributed by atoms with Crippen molar-refractivity contribution in [1.82, 2.24) is 15.1 Å². The molecule has 0 fully saturated rings. The van der Waals surface area contributed by atoms with Gasteiger partial charge in [-0.25, -0.2) is 0 Å².